The fraction of sp³-hybridized carbons (Fsp3) is 0.412. The number of oxazole rings is 1. The Hall–Kier alpha value is -2.55. The quantitative estimate of drug-likeness (QED) is 0.625. The molecule has 2 aromatic heterocycles. The average molecular weight is 375 g/mol. The molecule has 0 aliphatic carbocycles. The number of benzene rings is 1. The van der Waals surface area contributed by atoms with Crippen LogP contribution in [0.3, 0.4) is 0 Å². The van der Waals surface area contributed by atoms with Crippen LogP contribution in [0.25, 0.3) is 11.1 Å². The lowest BCUT2D eigenvalue weighted by atomic mass is 10.3. The minimum Gasteiger partial charge on any atom is -0.431 e. The van der Waals surface area contributed by atoms with Crippen LogP contribution in [0.5, 0.6) is 0 Å². The number of nitrogens with zero attached hydrogens (tertiary/aromatic N) is 4. The van der Waals surface area contributed by atoms with Gasteiger partial charge in [0.05, 0.1) is 0 Å². The Morgan fingerprint density at radius 1 is 1.31 bits per heavy atom. The van der Waals surface area contributed by atoms with Crippen molar-refractivity contribution in [2.75, 3.05) is 18.1 Å². The Morgan fingerprint density at radius 3 is 2.92 bits per heavy atom. The van der Waals surface area contributed by atoms with Gasteiger partial charge in [-0.2, -0.15) is 4.98 Å². The molecule has 1 aromatic carbocycles. The first-order valence-electron chi connectivity index (χ1n) is 8.46. The molecule has 0 bridgehead atoms. The van der Waals surface area contributed by atoms with Crippen LogP contribution >= 0.6 is 11.8 Å². The van der Waals surface area contributed by atoms with E-state index in [2.05, 4.69) is 20.4 Å². The van der Waals surface area contributed by atoms with Gasteiger partial charge >= 0.3 is 6.03 Å². The van der Waals surface area contributed by atoms with E-state index in [9.17, 15) is 4.79 Å². The van der Waals surface area contributed by atoms with Crippen molar-refractivity contribution in [2.24, 2.45) is 0 Å². The number of hydrogen-bond acceptors (Lipinski definition) is 7. The van der Waals surface area contributed by atoms with Crippen LogP contribution in [0, 0.1) is 0 Å². The van der Waals surface area contributed by atoms with Gasteiger partial charge in [-0.25, -0.2) is 9.78 Å². The van der Waals surface area contributed by atoms with Gasteiger partial charge in [0.15, 0.2) is 11.4 Å². The van der Waals surface area contributed by atoms with Crippen LogP contribution in [0.1, 0.15) is 32.0 Å². The summed E-state index contributed by atoms with van der Waals surface area (Å²) in [5, 5.41) is 7.35. The average Bonchev–Trinajstić information content (AvgIpc) is 3.21. The van der Waals surface area contributed by atoms with Crippen molar-refractivity contribution in [3.05, 3.63) is 29.9 Å². The molecule has 0 unspecified atom stereocenters. The van der Waals surface area contributed by atoms with Crippen LogP contribution in [-0.2, 0) is 13.0 Å². The van der Waals surface area contributed by atoms with E-state index in [0.717, 1.165) is 24.1 Å². The molecule has 0 saturated heterocycles. The first kappa shape index (κ1) is 18.2. The molecule has 3 aromatic rings. The highest BCUT2D eigenvalue weighted by atomic mass is 32.2. The summed E-state index contributed by atoms with van der Waals surface area (Å²) in [4.78, 5) is 22.5. The third-order valence-corrected chi connectivity index (χ3v) is 4.30. The molecule has 8 nitrogen and oxygen atoms in total. The van der Waals surface area contributed by atoms with Crippen molar-refractivity contribution in [3.8, 4) is 0 Å². The second-order valence-electron chi connectivity index (χ2n) is 5.74. The zero-order valence-corrected chi connectivity index (χ0v) is 15.8. The Balaban J connectivity index is 1.63. The molecule has 2 amide bonds. The summed E-state index contributed by atoms with van der Waals surface area (Å²) < 4.78 is 10.8. The molecular formula is C17H21N5O3S. The Labute approximate surface area is 155 Å². The fourth-order valence-electron chi connectivity index (χ4n) is 2.34. The van der Waals surface area contributed by atoms with Crippen molar-refractivity contribution < 1.29 is 13.7 Å². The molecule has 0 aliphatic rings. The molecule has 138 valence electrons. The minimum atomic E-state index is -0.276. The molecule has 1 N–H and O–H groups in total. The highest BCUT2D eigenvalue weighted by molar-refractivity contribution is 7.99. The number of nitrogens with one attached hydrogen (secondary N) is 1. The monoisotopic (exact) mass is 375 g/mol. The fourth-order valence-corrected chi connectivity index (χ4v) is 2.90. The van der Waals surface area contributed by atoms with E-state index in [0.29, 0.717) is 28.2 Å². The van der Waals surface area contributed by atoms with Gasteiger partial charge < -0.3 is 19.2 Å². The predicted molar refractivity (Wildman–Crippen MR) is 99.2 cm³/mol. The van der Waals surface area contributed by atoms with E-state index in [1.165, 1.54) is 16.7 Å². The molecule has 26 heavy (non-hydrogen) atoms. The molecule has 0 radical (unpaired) electrons. The van der Waals surface area contributed by atoms with Crippen molar-refractivity contribution in [1.29, 1.82) is 0 Å². The van der Waals surface area contributed by atoms with Crippen molar-refractivity contribution in [2.45, 2.75) is 38.5 Å². The topological polar surface area (TPSA) is 97.3 Å². The first-order chi connectivity index (χ1) is 12.6. The van der Waals surface area contributed by atoms with Crippen LogP contribution in [0.2, 0.25) is 0 Å². The maximum Gasteiger partial charge on any atom is 0.322 e. The number of carbonyl (C=O) groups is 1. The van der Waals surface area contributed by atoms with Crippen LogP contribution < -0.4 is 5.32 Å². The summed E-state index contributed by atoms with van der Waals surface area (Å²) in [6.07, 6.45) is 1.70. The van der Waals surface area contributed by atoms with Crippen molar-refractivity contribution in [1.82, 2.24) is 20.0 Å². The third kappa shape index (κ3) is 4.34. The number of hydrogen-bond donors (Lipinski definition) is 1. The standard InChI is InChI=1S/C17H21N5O3S/c1-4-6-14-20-15(25-21-14)10-22(3)16(23)18-11-7-8-12-13(9-11)24-17(19-12)26-5-2/h7-9H,4-6,10H2,1-3H3,(H,18,23). The number of amides is 2. The first-order valence-corrected chi connectivity index (χ1v) is 9.44. The number of anilines is 1. The van der Waals surface area contributed by atoms with Gasteiger partial charge in [0.2, 0.25) is 5.89 Å². The second kappa shape index (κ2) is 8.22. The number of thioether (sulfide) groups is 1. The summed E-state index contributed by atoms with van der Waals surface area (Å²) in [5.74, 6) is 1.96. The smallest absolute Gasteiger partial charge is 0.322 e. The molecule has 0 aliphatic heterocycles. The lowest BCUT2D eigenvalue weighted by molar-refractivity contribution is 0.213. The van der Waals surface area contributed by atoms with Gasteiger partial charge in [-0.3, -0.25) is 0 Å². The highest BCUT2D eigenvalue weighted by Gasteiger charge is 2.15. The zero-order valence-electron chi connectivity index (χ0n) is 15.0. The molecule has 0 atom stereocenters. The van der Waals surface area contributed by atoms with E-state index in [4.69, 9.17) is 8.94 Å². The van der Waals surface area contributed by atoms with E-state index >= 15 is 0 Å². The minimum absolute atomic E-state index is 0.240. The highest BCUT2D eigenvalue weighted by Crippen LogP contribution is 2.25. The van der Waals surface area contributed by atoms with Gasteiger partial charge in [0.1, 0.15) is 12.1 Å². The Bertz CT molecular complexity index is 892. The molecule has 3 rings (SSSR count). The van der Waals surface area contributed by atoms with E-state index < -0.39 is 0 Å². The van der Waals surface area contributed by atoms with Gasteiger partial charge in [0, 0.05) is 25.2 Å². The number of carbonyl (C=O) groups excluding carboxylic acids is 1. The molecule has 0 spiro atoms. The summed E-state index contributed by atoms with van der Waals surface area (Å²) in [5.41, 5.74) is 2.04. The maximum atomic E-state index is 12.4. The summed E-state index contributed by atoms with van der Waals surface area (Å²) in [6, 6.07) is 5.11. The van der Waals surface area contributed by atoms with Crippen LogP contribution in [0.15, 0.2) is 32.4 Å². The van der Waals surface area contributed by atoms with Gasteiger partial charge in [-0.1, -0.05) is 30.8 Å². The van der Waals surface area contributed by atoms with Gasteiger partial charge in [-0.15, -0.1) is 0 Å². The molecular weight excluding hydrogens is 354 g/mol. The lowest BCUT2D eigenvalue weighted by Gasteiger charge is -2.15. The normalized spacial score (nSPS) is 11.0. The lowest BCUT2D eigenvalue weighted by Crippen LogP contribution is -2.30. The number of urea groups is 1. The van der Waals surface area contributed by atoms with Gasteiger partial charge in [0.25, 0.3) is 5.22 Å². The largest absolute Gasteiger partial charge is 0.431 e. The zero-order chi connectivity index (χ0) is 18.5. The molecule has 0 saturated carbocycles. The molecule has 0 fully saturated rings. The Morgan fingerprint density at radius 2 is 2.15 bits per heavy atom. The maximum absolute atomic E-state index is 12.4. The van der Waals surface area contributed by atoms with E-state index in [1.807, 2.05) is 19.9 Å². The van der Waals surface area contributed by atoms with Gasteiger partial charge in [-0.05, 0) is 24.3 Å². The number of aryl methyl sites for hydroxylation is 1. The summed E-state index contributed by atoms with van der Waals surface area (Å²) in [6.45, 7) is 4.32. The number of rotatable bonds is 7. The van der Waals surface area contributed by atoms with E-state index in [-0.39, 0.29) is 12.6 Å². The Kier molecular flexibility index (Phi) is 5.77. The van der Waals surface area contributed by atoms with Crippen molar-refractivity contribution >= 4 is 34.6 Å². The summed E-state index contributed by atoms with van der Waals surface area (Å²) in [7, 11) is 1.67. The summed E-state index contributed by atoms with van der Waals surface area (Å²) >= 11 is 1.54. The van der Waals surface area contributed by atoms with Crippen LogP contribution in [0.4, 0.5) is 10.5 Å². The molecule has 2 heterocycles. The number of fused-ring (bicyclic) bond motifs is 1. The van der Waals surface area contributed by atoms with E-state index in [1.54, 1.807) is 19.2 Å². The number of aromatic nitrogens is 3. The predicted octanol–water partition coefficient (Wildman–Crippen LogP) is 3.94. The van der Waals surface area contributed by atoms with Crippen LogP contribution in [-0.4, -0.2) is 38.9 Å². The SMILES string of the molecule is CCCc1noc(CN(C)C(=O)Nc2ccc3nc(SCC)oc3c2)n1. The second-order valence-corrected chi connectivity index (χ2v) is 6.95. The van der Waals surface area contributed by atoms with Crippen molar-refractivity contribution in [3.63, 3.8) is 0 Å². The third-order valence-electron chi connectivity index (χ3n) is 3.59. The molecule has 9 heteroatoms.